The normalized spacial score (nSPS) is 10.9. The number of hydrogen-bond acceptors (Lipinski definition) is 5. The number of aromatic nitrogens is 4. The number of aryl methyl sites for hydroxylation is 1. The van der Waals surface area contributed by atoms with Crippen molar-refractivity contribution in [2.45, 2.75) is 5.16 Å². The molecule has 1 aromatic carbocycles. The van der Waals surface area contributed by atoms with E-state index in [9.17, 15) is 0 Å². The molecule has 0 bridgehead atoms. The Labute approximate surface area is 107 Å². The smallest absolute Gasteiger partial charge is 0.212 e. The summed E-state index contributed by atoms with van der Waals surface area (Å²) in [6.07, 6.45) is 0. The van der Waals surface area contributed by atoms with Gasteiger partial charge in [-0.2, -0.15) is 5.26 Å². The maximum Gasteiger partial charge on any atom is 0.212 e. The number of nitriles is 1. The van der Waals surface area contributed by atoms with Crippen molar-refractivity contribution in [3.8, 4) is 6.07 Å². The molecule has 0 unspecified atom stereocenters. The number of benzene rings is 1. The Morgan fingerprint density at radius 1 is 1.33 bits per heavy atom. The van der Waals surface area contributed by atoms with Crippen LogP contribution in [0, 0.1) is 11.3 Å². The van der Waals surface area contributed by atoms with E-state index in [1.165, 1.54) is 11.8 Å². The first-order valence-corrected chi connectivity index (χ1v) is 6.37. The van der Waals surface area contributed by atoms with Crippen LogP contribution < -0.4 is 0 Å². The van der Waals surface area contributed by atoms with Crippen molar-refractivity contribution in [1.29, 1.82) is 5.26 Å². The minimum atomic E-state index is 0.330. The highest BCUT2D eigenvalue weighted by atomic mass is 32.2. The maximum atomic E-state index is 8.56. The van der Waals surface area contributed by atoms with E-state index in [0.29, 0.717) is 10.9 Å². The average molecular weight is 255 g/mol. The van der Waals surface area contributed by atoms with Crippen LogP contribution in [0.1, 0.15) is 0 Å². The van der Waals surface area contributed by atoms with Crippen LogP contribution >= 0.6 is 11.8 Å². The van der Waals surface area contributed by atoms with Crippen LogP contribution in [0.15, 0.2) is 29.4 Å². The molecule has 0 saturated carbocycles. The van der Waals surface area contributed by atoms with Crippen molar-refractivity contribution < 1.29 is 0 Å². The zero-order valence-corrected chi connectivity index (χ0v) is 10.5. The summed E-state index contributed by atoms with van der Waals surface area (Å²) >= 11 is 1.29. The Balaban J connectivity index is 2.25. The summed E-state index contributed by atoms with van der Waals surface area (Å²) in [6.45, 7) is 0. The van der Waals surface area contributed by atoms with E-state index >= 15 is 0 Å². The monoisotopic (exact) mass is 255 g/mol. The lowest BCUT2D eigenvalue weighted by Crippen LogP contribution is -1.95. The molecule has 0 aliphatic carbocycles. The Morgan fingerprint density at radius 2 is 2.17 bits per heavy atom. The second-order valence-electron chi connectivity index (χ2n) is 3.79. The van der Waals surface area contributed by atoms with E-state index in [2.05, 4.69) is 21.3 Å². The van der Waals surface area contributed by atoms with Gasteiger partial charge in [0, 0.05) is 12.4 Å². The van der Waals surface area contributed by atoms with Crippen LogP contribution in [0.2, 0.25) is 0 Å². The van der Waals surface area contributed by atoms with Gasteiger partial charge in [0.25, 0.3) is 0 Å². The van der Waals surface area contributed by atoms with Gasteiger partial charge in [-0.05, 0) is 6.07 Å². The molecule has 0 aliphatic rings. The SMILES string of the molecule is Cn1c2ccccc2c2nnc(SCC#N)nc21. The summed E-state index contributed by atoms with van der Waals surface area (Å²) in [7, 11) is 1.96. The second kappa shape index (κ2) is 4.27. The molecule has 88 valence electrons. The molecule has 6 heteroatoms. The van der Waals surface area contributed by atoms with Gasteiger partial charge < -0.3 is 4.57 Å². The van der Waals surface area contributed by atoms with Gasteiger partial charge in [0.1, 0.15) is 5.52 Å². The van der Waals surface area contributed by atoms with Gasteiger partial charge >= 0.3 is 0 Å². The fourth-order valence-electron chi connectivity index (χ4n) is 1.95. The van der Waals surface area contributed by atoms with Crippen molar-refractivity contribution in [2.75, 3.05) is 5.75 Å². The lowest BCUT2D eigenvalue weighted by Gasteiger charge is -1.97. The first kappa shape index (κ1) is 11.0. The zero-order valence-electron chi connectivity index (χ0n) is 9.66. The molecule has 0 spiro atoms. The summed E-state index contributed by atoms with van der Waals surface area (Å²) in [5, 5.41) is 18.4. The van der Waals surface area contributed by atoms with Crippen molar-refractivity contribution in [3.05, 3.63) is 24.3 Å². The maximum absolute atomic E-state index is 8.56. The molecule has 5 nitrogen and oxygen atoms in total. The summed E-state index contributed by atoms with van der Waals surface area (Å²) in [4.78, 5) is 4.45. The summed E-state index contributed by atoms with van der Waals surface area (Å²) < 4.78 is 2.00. The molecule has 0 N–H and O–H groups in total. The molecular formula is C12H9N5S. The molecule has 18 heavy (non-hydrogen) atoms. The van der Waals surface area contributed by atoms with Crippen LogP contribution in [0.4, 0.5) is 0 Å². The van der Waals surface area contributed by atoms with Crippen LogP contribution in [-0.4, -0.2) is 25.5 Å². The zero-order chi connectivity index (χ0) is 12.5. The van der Waals surface area contributed by atoms with Crippen LogP contribution in [0.3, 0.4) is 0 Å². The van der Waals surface area contributed by atoms with E-state index < -0.39 is 0 Å². The number of hydrogen-bond donors (Lipinski definition) is 0. The third-order valence-corrected chi connectivity index (χ3v) is 3.46. The molecule has 0 aliphatic heterocycles. The van der Waals surface area contributed by atoms with E-state index in [1.54, 1.807) is 0 Å². The number of nitrogens with zero attached hydrogens (tertiary/aromatic N) is 5. The predicted octanol–water partition coefficient (Wildman–Crippen LogP) is 2.13. The number of fused-ring (bicyclic) bond motifs is 3. The molecule has 0 amide bonds. The van der Waals surface area contributed by atoms with Gasteiger partial charge in [-0.1, -0.05) is 30.0 Å². The van der Waals surface area contributed by atoms with E-state index in [0.717, 1.165) is 22.1 Å². The summed E-state index contributed by atoms with van der Waals surface area (Å²) in [5.41, 5.74) is 2.68. The van der Waals surface area contributed by atoms with Gasteiger partial charge in [0.05, 0.1) is 17.3 Å². The Bertz CT molecular complexity index is 771. The van der Waals surface area contributed by atoms with E-state index in [1.807, 2.05) is 35.9 Å². The lowest BCUT2D eigenvalue weighted by molar-refractivity contribution is 0.856. The molecule has 0 atom stereocenters. The summed E-state index contributed by atoms with van der Waals surface area (Å²) in [6, 6.07) is 10.1. The number of para-hydroxylation sites is 1. The van der Waals surface area contributed by atoms with Crippen molar-refractivity contribution in [3.63, 3.8) is 0 Å². The third-order valence-electron chi connectivity index (χ3n) is 2.75. The first-order chi connectivity index (χ1) is 8.81. The van der Waals surface area contributed by atoms with Crippen molar-refractivity contribution in [2.24, 2.45) is 7.05 Å². The van der Waals surface area contributed by atoms with Gasteiger partial charge in [0.15, 0.2) is 5.65 Å². The fraction of sp³-hybridized carbons (Fsp3) is 0.167. The van der Waals surface area contributed by atoms with E-state index in [4.69, 9.17) is 5.26 Å². The third kappa shape index (κ3) is 1.60. The minimum absolute atomic E-state index is 0.330. The molecule has 2 heterocycles. The topological polar surface area (TPSA) is 67.4 Å². The molecule has 3 rings (SSSR count). The molecular weight excluding hydrogens is 246 g/mol. The predicted molar refractivity (Wildman–Crippen MR) is 70.1 cm³/mol. The number of thioether (sulfide) groups is 1. The van der Waals surface area contributed by atoms with Crippen LogP contribution in [0.25, 0.3) is 22.1 Å². The van der Waals surface area contributed by atoms with Crippen LogP contribution in [-0.2, 0) is 7.05 Å². The Kier molecular flexibility index (Phi) is 2.61. The average Bonchev–Trinajstić information content (AvgIpc) is 2.71. The standard InChI is InChI=1S/C12H9N5S/c1-17-9-5-3-2-4-8(9)10-11(17)14-12(16-15-10)18-7-6-13/h2-5H,7H2,1H3. The Morgan fingerprint density at radius 3 is 3.00 bits per heavy atom. The molecule has 3 aromatic rings. The molecule has 0 saturated heterocycles. The lowest BCUT2D eigenvalue weighted by atomic mass is 10.2. The fourth-order valence-corrected chi connectivity index (χ4v) is 2.39. The van der Waals surface area contributed by atoms with Crippen LogP contribution in [0.5, 0.6) is 0 Å². The second-order valence-corrected chi connectivity index (χ2v) is 4.73. The van der Waals surface area contributed by atoms with Gasteiger partial charge in [-0.15, -0.1) is 10.2 Å². The molecule has 2 aromatic heterocycles. The first-order valence-electron chi connectivity index (χ1n) is 5.39. The minimum Gasteiger partial charge on any atom is -0.327 e. The van der Waals surface area contributed by atoms with Gasteiger partial charge in [-0.25, -0.2) is 4.98 Å². The highest BCUT2D eigenvalue weighted by Gasteiger charge is 2.11. The molecule has 0 radical (unpaired) electrons. The highest BCUT2D eigenvalue weighted by Crippen LogP contribution is 2.25. The molecule has 0 fully saturated rings. The van der Waals surface area contributed by atoms with E-state index in [-0.39, 0.29) is 0 Å². The quantitative estimate of drug-likeness (QED) is 0.656. The highest BCUT2D eigenvalue weighted by molar-refractivity contribution is 7.99. The largest absolute Gasteiger partial charge is 0.327 e. The van der Waals surface area contributed by atoms with Gasteiger partial charge in [0.2, 0.25) is 5.16 Å². The van der Waals surface area contributed by atoms with Crippen molar-refractivity contribution in [1.82, 2.24) is 19.7 Å². The Hall–Kier alpha value is -2.13. The van der Waals surface area contributed by atoms with Gasteiger partial charge in [-0.3, -0.25) is 0 Å². The van der Waals surface area contributed by atoms with Crippen molar-refractivity contribution >= 4 is 33.8 Å². The summed E-state index contributed by atoms with van der Waals surface area (Å²) in [5.74, 6) is 0.330. The number of rotatable bonds is 2.